The fourth-order valence-corrected chi connectivity index (χ4v) is 3.37. The molecular formula is C26H25N7O3. The van der Waals surface area contributed by atoms with Gasteiger partial charge in [0.2, 0.25) is 11.9 Å². The van der Waals surface area contributed by atoms with Crippen molar-refractivity contribution in [1.29, 1.82) is 0 Å². The standard InChI is InChI=1S/C26H25N7O3/c1-4-24(34)28-20-11-8-12-21(17-20)33(26(35)36-18(2)19-9-6-5-7-10-19)23-13-15-27-25(30-23)29-22-14-16-32(3)31-22/h4-18H,1H2,2-3H3,(H,28,34)(H,27,29,30,31)/t18-/m0/s1. The van der Waals surface area contributed by atoms with E-state index in [0.29, 0.717) is 17.2 Å². The predicted molar refractivity (Wildman–Crippen MR) is 137 cm³/mol. The summed E-state index contributed by atoms with van der Waals surface area (Å²) in [6.45, 7) is 5.26. The second kappa shape index (κ2) is 11.0. The molecule has 0 aliphatic heterocycles. The minimum Gasteiger partial charge on any atom is -0.441 e. The number of amides is 2. The van der Waals surface area contributed by atoms with Crippen LogP contribution >= 0.6 is 0 Å². The Hall–Kier alpha value is -4.99. The van der Waals surface area contributed by atoms with Crippen molar-refractivity contribution in [1.82, 2.24) is 19.7 Å². The molecule has 2 aromatic heterocycles. The molecule has 0 spiro atoms. The minimum atomic E-state index is -0.652. The molecule has 1 atom stereocenters. The van der Waals surface area contributed by atoms with E-state index in [2.05, 4.69) is 32.3 Å². The van der Waals surface area contributed by atoms with Crippen LogP contribution in [0, 0.1) is 0 Å². The predicted octanol–water partition coefficient (Wildman–Crippen LogP) is 5.11. The zero-order valence-electron chi connectivity index (χ0n) is 19.8. The van der Waals surface area contributed by atoms with Crippen LogP contribution in [0.4, 0.5) is 33.8 Å². The second-order valence-corrected chi connectivity index (χ2v) is 7.75. The molecule has 4 rings (SSSR count). The molecule has 36 heavy (non-hydrogen) atoms. The Labute approximate surface area is 208 Å². The van der Waals surface area contributed by atoms with Gasteiger partial charge in [0, 0.05) is 37.3 Å². The summed E-state index contributed by atoms with van der Waals surface area (Å²) in [5, 5.41) is 9.99. The first-order valence-electron chi connectivity index (χ1n) is 11.1. The smallest absolute Gasteiger partial charge is 0.420 e. The summed E-state index contributed by atoms with van der Waals surface area (Å²) >= 11 is 0. The molecule has 0 saturated heterocycles. The lowest BCUT2D eigenvalue weighted by Gasteiger charge is -2.24. The molecule has 0 bridgehead atoms. The molecule has 0 aliphatic rings. The number of hydrogen-bond acceptors (Lipinski definition) is 7. The lowest BCUT2D eigenvalue weighted by molar-refractivity contribution is -0.111. The number of benzene rings is 2. The monoisotopic (exact) mass is 483 g/mol. The number of rotatable bonds is 8. The average Bonchev–Trinajstić information content (AvgIpc) is 3.29. The van der Waals surface area contributed by atoms with Crippen LogP contribution < -0.4 is 15.5 Å². The molecule has 2 heterocycles. The average molecular weight is 484 g/mol. The van der Waals surface area contributed by atoms with E-state index in [1.807, 2.05) is 30.3 Å². The van der Waals surface area contributed by atoms with Gasteiger partial charge in [0.25, 0.3) is 0 Å². The maximum absolute atomic E-state index is 13.5. The molecule has 0 radical (unpaired) electrons. The number of nitrogens with one attached hydrogen (secondary N) is 2. The molecule has 2 aromatic carbocycles. The Bertz CT molecular complexity index is 1370. The van der Waals surface area contributed by atoms with Crippen LogP contribution in [0.1, 0.15) is 18.6 Å². The third-order valence-corrected chi connectivity index (χ3v) is 5.11. The number of carbonyl (C=O) groups excluding carboxylic acids is 2. The Balaban J connectivity index is 1.68. The van der Waals surface area contributed by atoms with Gasteiger partial charge >= 0.3 is 6.09 Å². The summed E-state index contributed by atoms with van der Waals surface area (Å²) in [7, 11) is 1.80. The Morgan fingerprint density at radius 1 is 1.11 bits per heavy atom. The summed E-state index contributed by atoms with van der Waals surface area (Å²) < 4.78 is 7.44. The van der Waals surface area contributed by atoms with Crippen LogP contribution in [0.5, 0.6) is 0 Å². The van der Waals surface area contributed by atoms with Gasteiger partial charge < -0.3 is 15.4 Å². The van der Waals surface area contributed by atoms with Crippen molar-refractivity contribution in [2.45, 2.75) is 13.0 Å². The van der Waals surface area contributed by atoms with E-state index in [1.54, 1.807) is 61.2 Å². The van der Waals surface area contributed by atoms with Crippen LogP contribution in [0.3, 0.4) is 0 Å². The number of aromatic nitrogens is 4. The largest absolute Gasteiger partial charge is 0.441 e. The van der Waals surface area contributed by atoms with Crippen LogP contribution in [0.15, 0.2) is 91.8 Å². The van der Waals surface area contributed by atoms with Gasteiger partial charge in [0.1, 0.15) is 11.9 Å². The van der Waals surface area contributed by atoms with Crippen LogP contribution in [-0.2, 0) is 16.6 Å². The third kappa shape index (κ3) is 5.92. The summed E-state index contributed by atoms with van der Waals surface area (Å²) in [6.07, 6.45) is 3.31. The van der Waals surface area contributed by atoms with Gasteiger partial charge in [-0.05, 0) is 36.8 Å². The molecule has 0 aliphatic carbocycles. The van der Waals surface area contributed by atoms with Gasteiger partial charge in [-0.15, -0.1) is 0 Å². The summed E-state index contributed by atoms with van der Waals surface area (Å²) in [5.74, 6) is 0.690. The van der Waals surface area contributed by atoms with Crippen molar-refractivity contribution in [3.05, 3.63) is 97.3 Å². The van der Waals surface area contributed by atoms with Gasteiger partial charge in [0.05, 0.1) is 5.69 Å². The topological polar surface area (TPSA) is 114 Å². The van der Waals surface area contributed by atoms with E-state index >= 15 is 0 Å². The Morgan fingerprint density at radius 2 is 1.92 bits per heavy atom. The molecule has 2 amide bonds. The van der Waals surface area contributed by atoms with Crippen molar-refractivity contribution in [2.75, 3.05) is 15.5 Å². The SMILES string of the molecule is C=CC(=O)Nc1cccc(N(C(=O)O[C@@H](C)c2ccccc2)c2ccnc(Nc3ccn(C)n3)n2)c1. The molecule has 4 aromatic rings. The number of carbonyl (C=O) groups is 2. The Kier molecular flexibility index (Phi) is 7.35. The first-order valence-corrected chi connectivity index (χ1v) is 11.1. The van der Waals surface area contributed by atoms with Crippen LogP contribution in [0.2, 0.25) is 0 Å². The van der Waals surface area contributed by atoms with Crippen molar-refractivity contribution in [2.24, 2.45) is 7.05 Å². The first kappa shape index (κ1) is 24.1. The van der Waals surface area contributed by atoms with E-state index < -0.39 is 12.2 Å². The summed E-state index contributed by atoms with van der Waals surface area (Å²) in [4.78, 5) is 35.4. The fourth-order valence-electron chi connectivity index (χ4n) is 3.37. The highest BCUT2D eigenvalue weighted by molar-refractivity contribution is 6.00. The molecule has 0 saturated carbocycles. The minimum absolute atomic E-state index is 0.247. The molecule has 182 valence electrons. The molecule has 10 heteroatoms. The third-order valence-electron chi connectivity index (χ3n) is 5.11. The number of ether oxygens (including phenoxy) is 1. The summed E-state index contributed by atoms with van der Waals surface area (Å²) in [5.41, 5.74) is 1.76. The number of aryl methyl sites for hydroxylation is 1. The van der Waals surface area contributed by atoms with E-state index in [9.17, 15) is 9.59 Å². The Morgan fingerprint density at radius 3 is 2.64 bits per heavy atom. The lowest BCUT2D eigenvalue weighted by Crippen LogP contribution is -2.29. The van der Waals surface area contributed by atoms with Gasteiger partial charge in [-0.2, -0.15) is 10.1 Å². The van der Waals surface area contributed by atoms with Crippen LogP contribution in [0.25, 0.3) is 0 Å². The normalized spacial score (nSPS) is 11.3. The number of nitrogens with zero attached hydrogens (tertiary/aromatic N) is 5. The van der Waals surface area contributed by atoms with Crippen molar-refractivity contribution in [3.8, 4) is 0 Å². The molecule has 0 unspecified atom stereocenters. The molecule has 2 N–H and O–H groups in total. The fraction of sp³-hybridized carbons (Fsp3) is 0.115. The highest BCUT2D eigenvalue weighted by Gasteiger charge is 2.24. The van der Waals surface area contributed by atoms with Gasteiger partial charge in [0.15, 0.2) is 5.82 Å². The van der Waals surface area contributed by atoms with Crippen molar-refractivity contribution >= 4 is 41.0 Å². The zero-order chi connectivity index (χ0) is 25.5. The quantitative estimate of drug-likeness (QED) is 0.335. The maximum Gasteiger partial charge on any atom is 0.420 e. The van der Waals surface area contributed by atoms with E-state index in [-0.39, 0.29) is 17.7 Å². The molecular weight excluding hydrogens is 458 g/mol. The number of hydrogen-bond donors (Lipinski definition) is 2. The van der Waals surface area contributed by atoms with E-state index in [0.717, 1.165) is 5.56 Å². The summed E-state index contributed by atoms with van der Waals surface area (Å²) in [6, 6.07) is 19.5. The maximum atomic E-state index is 13.5. The highest BCUT2D eigenvalue weighted by Crippen LogP contribution is 2.30. The van der Waals surface area contributed by atoms with Gasteiger partial charge in [-0.1, -0.05) is 43.0 Å². The second-order valence-electron chi connectivity index (χ2n) is 7.75. The lowest BCUT2D eigenvalue weighted by atomic mass is 10.1. The first-order chi connectivity index (χ1) is 17.4. The van der Waals surface area contributed by atoms with E-state index in [1.165, 1.54) is 17.2 Å². The zero-order valence-corrected chi connectivity index (χ0v) is 19.8. The number of anilines is 5. The van der Waals surface area contributed by atoms with Gasteiger partial charge in [-0.25, -0.2) is 14.7 Å². The van der Waals surface area contributed by atoms with Crippen LogP contribution in [-0.4, -0.2) is 31.7 Å². The van der Waals surface area contributed by atoms with E-state index in [4.69, 9.17) is 4.74 Å². The van der Waals surface area contributed by atoms with Gasteiger partial charge in [-0.3, -0.25) is 9.48 Å². The van der Waals surface area contributed by atoms with Crippen molar-refractivity contribution < 1.29 is 14.3 Å². The molecule has 10 nitrogen and oxygen atoms in total. The molecule has 0 fully saturated rings. The highest BCUT2D eigenvalue weighted by atomic mass is 16.6. The van der Waals surface area contributed by atoms with Crippen molar-refractivity contribution in [3.63, 3.8) is 0 Å².